The van der Waals surface area contributed by atoms with E-state index in [1.807, 2.05) is 59.7 Å². The molecule has 0 bridgehead atoms. The first-order valence-electron chi connectivity index (χ1n) is 39.3. The fourth-order valence-electron chi connectivity index (χ4n) is 13.5. The molecular weight excluding hydrogens is 1520 g/mol. The number of carbonyl (C=O) groups excluding carboxylic acids is 13. The van der Waals surface area contributed by atoms with Crippen molar-refractivity contribution in [3.05, 3.63) is 89.5 Å². The topological polar surface area (TPSA) is 435 Å². The van der Waals surface area contributed by atoms with Gasteiger partial charge in [-0.1, -0.05) is 133 Å². The van der Waals surface area contributed by atoms with Crippen LogP contribution in [-0.4, -0.2) is 213 Å². The normalized spacial score (nSPS) is 16.4. The maximum absolute atomic E-state index is 14.7. The van der Waals surface area contributed by atoms with Crippen molar-refractivity contribution < 1.29 is 91.6 Å². The third kappa shape index (κ3) is 30.2. The zero-order valence-electron chi connectivity index (χ0n) is 69.2. The van der Waals surface area contributed by atoms with Crippen molar-refractivity contribution in [1.82, 2.24) is 51.8 Å². The number of amides is 13. The number of phenols is 1. The van der Waals surface area contributed by atoms with Gasteiger partial charge >= 0.3 is 18.1 Å². The summed E-state index contributed by atoms with van der Waals surface area (Å²) in [5, 5.41) is 43.0. The number of aliphatic hydroxyl groups excluding tert-OH is 1. The Labute approximate surface area is 682 Å². The molecule has 3 aromatic carbocycles. The summed E-state index contributed by atoms with van der Waals surface area (Å²) in [6.45, 7) is 23.8. The lowest BCUT2D eigenvalue weighted by Gasteiger charge is -2.38. The van der Waals surface area contributed by atoms with E-state index in [9.17, 15) is 72.5 Å². The maximum Gasteiger partial charge on any atom is 0.410 e. The molecule has 0 aliphatic carbocycles. The van der Waals surface area contributed by atoms with Gasteiger partial charge in [0.15, 0.2) is 0 Å². The van der Waals surface area contributed by atoms with Crippen molar-refractivity contribution >= 4 is 110 Å². The molecule has 0 spiro atoms. The molecule has 2 aliphatic heterocycles. The number of hydrazone groups is 1. The molecule has 2 heterocycles. The van der Waals surface area contributed by atoms with Crippen molar-refractivity contribution in [2.45, 2.75) is 239 Å². The number of hydroxylamine groups is 2. The van der Waals surface area contributed by atoms with Gasteiger partial charge in [-0.15, -0.1) is 5.06 Å². The summed E-state index contributed by atoms with van der Waals surface area (Å²) >= 11 is 0. The number of likely N-dealkylation sites (tertiary alicyclic amines) is 1. The standard InChI is InChI=1S/C81H121N13O19S2/c1-17-50(8)60(35-36-65(98)93-41-22-27-61(93)73(110-16)51(9)74(103)84-53(11)72(102)55-24-19-18-20-25-55)91(14)78(107)70(48(4)5)88-77(106)71(49(6)7)92(15)80(109)112-46-54-29-31-56(32-30-54)85-75(104)59(26-21-40-83-79(82)108)86-76(105)69(47(2)3)87-63(96)39-43-114-115-81(12,13)45-64(97)90-89-52(10)58-34-33-57(44-62(58)95)111-42-23-28-68(101)113-94-66(99)37-38-67(94)100/h18-20,24-25,29-34,44,47-51,53,59-61,69-73,95,102H,17,21-23,26-28,35-43,45-46H2,1-16H3,(H,84,103)(H,85,104)(H,86,105)(H,87,96)(H,88,106)(H,90,97)(H3,82,83,108)/b89-52+/t50-,51+,53+,59?,60+,61-,69-,70-,71-,72+,73+/m0/s1. The van der Waals surface area contributed by atoms with Gasteiger partial charge < -0.3 is 76.7 Å². The predicted octanol–water partition coefficient (Wildman–Crippen LogP) is 7.92. The van der Waals surface area contributed by atoms with Crippen molar-refractivity contribution in [3.63, 3.8) is 0 Å². The van der Waals surface area contributed by atoms with Gasteiger partial charge in [0.25, 0.3) is 11.8 Å². The monoisotopic (exact) mass is 1640 g/mol. The highest BCUT2D eigenvalue weighted by molar-refractivity contribution is 8.77. The number of hydrogen-bond donors (Lipinski definition) is 10. The van der Waals surface area contributed by atoms with Crippen molar-refractivity contribution in [2.24, 2.45) is 40.4 Å². The molecule has 32 nitrogen and oxygen atoms in total. The average Bonchev–Trinajstić information content (AvgIpc) is 1.65. The zero-order chi connectivity index (χ0) is 85.6. The van der Waals surface area contributed by atoms with E-state index < -0.39 is 136 Å². The highest BCUT2D eigenvalue weighted by atomic mass is 33.1. The Kier molecular flexibility index (Phi) is 39.1. The van der Waals surface area contributed by atoms with E-state index in [1.165, 1.54) is 46.7 Å². The number of urea groups is 1. The van der Waals surface area contributed by atoms with Crippen molar-refractivity contribution in [3.8, 4) is 11.5 Å². The minimum absolute atomic E-state index is 0.00241. The second-order valence-electron chi connectivity index (χ2n) is 30.9. The molecule has 13 amide bonds. The van der Waals surface area contributed by atoms with Gasteiger partial charge in [-0.05, 0) is 125 Å². The summed E-state index contributed by atoms with van der Waals surface area (Å²) < 4.78 is 16.7. The number of imide groups is 1. The van der Waals surface area contributed by atoms with Crippen LogP contribution in [0.5, 0.6) is 11.5 Å². The van der Waals surface area contributed by atoms with Crippen LogP contribution in [-0.2, 0) is 73.7 Å². The molecule has 1 unspecified atom stereocenters. The summed E-state index contributed by atoms with van der Waals surface area (Å²) in [7, 11) is 7.37. The van der Waals surface area contributed by atoms with E-state index in [0.29, 0.717) is 76.9 Å². The van der Waals surface area contributed by atoms with Gasteiger partial charge in [0.2, 0.25) is 47.3 Å². The molecule has 3 aromatic rings. The first-order valence-corrected chi connectivity index (χ1v) is 41.6. The molecule has 34 heteroatoms. The number of anilines is 1. The molecule has 2 saturated heterocycles. The second-order valence-corrected chi connectivity index (χ2v) is 34.1. The lowest BCUT2D eigenvalue weighted by Crippen LogP contribution is -2.58. The molecule has 0 radical (unpaired) electrons. The highest BCUT2D eigenvalue weighted by Crippen LogP contribution is 2.39. The number of nitrogens with two attached hydrogens (primary N) is 1. The Bertz CT molecular complexity index is 3820. The molecule has 2 fully saturated rings. The molecule has 2 aliphatic rings. The Balaban J connectivity index is 1.09. The number of benzene rings is 3. The van der Waals surface area contributed by atoms with E-state index >= 15 is 0 Å². The van der Waals surface area contributed by atoms with Gasteiger partial charge in [-0.3, -0.25) is 52.8 Å². The average molecular weight is 1650 g/mol. The quantitative estimate of drug-likeness (QED) is 0.00843. The van der Waals surface area contributed by atoms with Crippen LogP contribution < -0.4 is 47.8 Å². The lowest BCUT2D eigenvalue weighted by molar-refractivity contribution is -0.197. The number of hydrogen-bond acceptors (Lipinski definition) is 22. The number of ether oxygens (including phenoxy) is 3. The van der Waals surface area contributed by atoms with E-state index in [4.69, 9.17) is 24.8 Å². The number of primary amides is 1. The Morgan fingerprint density at radius 1 is 0.748 bits per heavy atom. The second kappa shape index (κ2) is 46.9. The number of carbonyl (C=O) groups is 13. The van der Waals surface area contributed by atoms with Crippen LogP contribution >= 0.6 is 21.6 Å². The van der Waals surface area contributed by atoms with E-state index in [0.717, 1.165) is 0 Å². The van der Waals surface area contributed by atoms with Gasteiger partial charge in [0.05, 0.1) is 48.9 Å². The van der Waals surface area contributed by atoms with Crippen LogP contribution in [0.25, 0.3) is 0 Å². The number of aromatic hydroxyl groups is 1. The smallest absolute Gasteiger partial charge is 0.410 e. The van der Waals surface area contributed by atoms with Crippen LogP contribution in [0.4, 0.5) is 15.3 Å². The Hall–Kier alpha value is -9.54. The molecule has 11 N–H and O–H groups in total. The van der Waals surface area contributed by atoms with Crippen LogP contribution in [0.1, 0.15) is 196 Å². The highest BCUT2D eigenvalue weighted by Gasteiger charge is 2.43. The largest absolute Gasteiger partial charge is 0.507 e. The van der Waals surface area contributed by atoms with Crippen molar-refractivity contribution in [2.75, 3.05) is 52.0 Å². The third-order valence-corrected chi connectivity index (χ3v) is 23.5. The van der Waals surface area contributed by atoms with Gasteiger partial charge in [0.1, 0.15) is 42.3 Å². The van der Waals surface area contributed by atoms with Crippen LogP contribution in [0.3, 0.4) is 0 Å². The molecule has 0 aromatic heterocycles. The summed E-state index contributed by atoms with van der Waals surface area (Å²) in [4.78, 5) is 182. The van der Waals surface area contributed by atoms with Crippen LogP contribution in [0, 0.1) is 29.6 Å². The van der Waals surface area contributed by atoms with E-state index in [-0.39, 0.29) is 113 Å². The fourth-order valence-corrected chi connectivity index (χ4v) is 16.0. The molecule has 0 saturated carbocycles. The van der Waals surface area contributed by atoms with Gasteiger partial charge in [-0.25, -0.2) is 19.8 Å². The van der Waals surface area contributed by atoms with Crippen LogP contribution in [0.2, 0.25) is 0 Å². The third-order valence-electron chi connectivity index (χ3n) is 20.2. The fraction of sp³-hybridized carbons (Fsp3) is 0.605. The number of aliphatic hydroxyl groups is 1. The van der Waals surface area contributed by atoms with E-state index in [2.05, 4.69) is 42.4 Å². The summed E-state index contributed by atoms with van der Waals surface area (Å²) in [5.41, 5.74) is 9.93. The zero-order valence-corrected chi connectivity index (χ0v) is 70.8. The minimum atomic E-state index is -1.15. The number of nitrogens with zero attached hydrogens (tertiary/aromatic N) is 5. The number of likely N-dealkylation sites (N-methyl/N-ethyl adjacent to an activating group) is 2. The molecular formula is C81H121N13O19S2. The maximum atomic E-state index is 14.7. The molecule has 5 rings (SSSR count). The van der Waals surface area contributed by atoms with Gasteiger partial charge in [0, 0.05) is 100 Å². The Morgan fingerprint density at radius 2 is 1.41 bits per heavy atom. The minimum Gasteiger partial charge on any atom is -0.507 e. The van der Waals surface area contributed by atoms with Gasteiger partial charge in [-0.2, -0.15) is 5.10 Å². The lowest BCUT2D eigenvalue weighted by atomic mass is 9.91. The summed E-state index contributed by atoms with van der Waals surface area (Å²) in [6.07, 6.45) is 0.429. The Morgan fingerprint density at radius 3 is 2.02 bits per heavy atom. The SMILES string of the molecule is CC[C@H](C)[C@@H](CCC(=O)N1CCC[C@H]1[C@H](OC)[C@@H](C)C(=O)N[C@H](C)[C@@H](O)c1ccccc1)N(C)C(=O)[C@@H](NC(=O)[C@H](C(C)C)N(C)C(=O)OCc1ccc(NC(=O)C(CCCNC(N)=O)NC(=O)[C@@H](NC(=O)CCSSC(C)(C)CC(=O)N/N=C(\C)c2ccc(OCCCC(=O)ON3C(=O)CCC3=O)cc2O)C(C)C)cc1)C(C)C. The number of methoxy groups -OCH3 is 1. The summed E-state index contributed by atoms with van der Waals surface area (Å²) in [6, 6.07) is 13.4. The molecule has 11 atom stereocenters. The molecule has 636 valence electrons. The number of phenolic OH excluding ortho intramolecular Hbond substituents is 1. The van der Waals surface area contributed by atoms with Crippen LogP contribution in [0.15, 0.2) is 77.9 Å². The van der Waals surface area contributed by atoms with Crippen molar-refractivity contribution in [1.29, 1.82) is 0 Å². The molecule has 115 heavy (non-hydrogen) atoms. The first kappa shape index (κ1) is 96.0. The summed E-state index contributed by atoms with van der Waals surface area (Å²) in [5.74, 6) is -6.95. The predicted molar refractivity (Wildman–Crippen MR) is 437 cm³/mol. The van der Waals surface area contributed by atoms with E-state index in [1.54, 1.807) is 114 Å². The number of nitrogens with one attached hydrogen (secondary N) is 7. The first-order chi connectivity index (χ1) is 54.3. The number of rotatable bonds is 46.